The lowest BCUT2D eigenvalue weighted by atomic mass is 10.3. The molecule has 0 unspecified atom stereocenters. The summed E-state index contributed by atoms with van der Waals surface area (Å²) in [6.45, 7) is 2.88. The summed E-state index contributed by atoms with van der Waals surface area (Å²) in [4.78, 5) is 1.23. The molecule has 2 aromatic rings. The molecular weight excluding hydrogens is 296 g/mol. The molecule has 2 heterocycles. The summed E-state index contributed by atoms with van der Waals surface area (Å²) in [5.41, 5.74) is 5.70. The Labute approximate surface area is 122 Å². The average molecular weight is 314 g/mol. The first-order chi connectivity index (χ1) is 9.45. The summed E-state index contributed by atoms with van der Waals surface area (Å²) in [7, 11) is -2.02. The zero-order valence-electron chi connectivity index (χ0n) is 11.5. The van der Waals surface area contributed by atoms with Crippen molar-refractivity contribution in [3.05, 3.63) is 28.6 Å². The van der Waals surface area contributed by atoms with Gasteiger partial charge in [-0.1, -0.05) is 6.07 Å². The molecule has 0 saturated heterocycles. The molecular formula is C12H18N4O2S2. The lowest BCUT2D eigenvalue weighted by Gasteiger charge is -2.15. The van der Waals surface area contributed by atoms with Crippen LogP contribution in [0.3, 0.4) is 0 Å². The normalized spacial score (nSPS) is 12.2. The third-order valence-corrected chi connectivity index (χ3v) is 5.83. The van der Waals surface area contributed by atoms with Crippen LogP contribution < -0.4 is 5.73 Å². The summed E-state index contributed by atoms with van der Waals surface area (Å²) in [6.07, 6.45) is 2.17. The topological polar surface area (TPSA) is 81.2 Å². The highest BCUT2D eigenvalue weighted by Crippen LogP contribution is 2.20. The second-order valence-electron chi connectivity index (χ2n) is 4.39. The molecule has 0 aliphatic heterocycles. The van der Waals surface area contributed by atoms with Gasteiger partial charge >= 0.3 is 0 Å². The van der Waals surface area contributed by atoms with Crippen LogP contribution >= 0.6 is 11.3 Å². The first kappa shape index (κ1) is 15.0. The largest absolute Gasteiger partial charge is 0.381 e. The lowest BCUT2D eigenvalue weighted by Crippen LogP contribution is -2.29. The van der Waals surface area contributed by atoms with E-state index in [0.29, 0.717) is 19.5 Å². The molecule has 2 aromatic heterocycles. The molecule has 0 spiro atoms. The van der Waals surface area contributed by atoms with E-state index in [1.54, 1.807) is 18.4 Å². The summed E-state index contributed by atoms with van der Waals surface area (Å²) in [5, 5.41) is 5.96. The molecule has 2 N–H and O–H groups in total. The highest BCUT2D eigenvalue weighted by atomic mass is 32.2. The van der Waals surface area contributed by atoms with E-state index in [9.17, 15) is 8.42 Å². The SMILES string of the molecule is CCn1cc(S(=O)(=O)N(C)CCc2cccs2)c(N)n1. The third kappa shape index (κ3) is 3.02. The summed E-state index contributed by atoms with van der Waals surface area (Å²) in [6, 6.07) is 3.95. The van der Waals surface area contributed by atoms with E-state index in [1.807, 2.05) is 24.4 Å². The van der Waals surface area contributed by atoms with Crippen LogP contribution in [0.1, 0.15) is 11.8 Å². The van der Waals surface area contributed by atoms with E-state index < -0.39 is 10.0 Å². The van der Waals surface area contributed by atoms with E-state index in [4.69, 9.17) is 5.73 Å². The van der Waals surface area contributed by atoms with Crippen LogP contribution in [0.15, 0.2) is 28.6 Å². The van der Waals surface area contributed by atoms with Gasteiger partial charge in [0.1, 0.15) is 4.90 Å². The van der Waals surface area contributed by atoms with Crippen molar-refractivity contribution < 1.29 is 8.42 Å². The van der Waals surface area contributed by atoms with Gasteiger partial charge in [0, 0.05) is 31.2 Å². The van der Waals surface area contributed by atoms with Crippen molar-refractivity contribution in [1.82, 2.24) is 14.1 Å². The second-order valence-corrected chi connectivity index (χ2v) is 7.44. The van der Waals surface area contributed by atoms with Crippen molar-refractivity contribution in [2.75, 3.05) is 19.3 Å². The van der Waals surface area contributed by atoms with E-state index in [-0.39, 0.29) is 10.7 Å². The number of thiophene rings is 1. The van der Waals surface area contributed by atoms with Gasteiger partial charge in [0.2, 0.25) is 10.0 Å². The first-order valence-electron chi connectivity index (χ1n) is 6.26. The average Bonchev–Trinajstić information content (AvgIpc) is 3.04. The molecule has 0 fully saturated rings. The van der Waals surface area contributed by atoms with Gasteiger partial charge in [0.15, 0.2) is 5.82 Å². The predicted octanol–water partition coefficient (Wildman–Crippen LogP) is 1.41. The van der Waals surface area contributed by atoms with E-state index in [2.05, 4.69) is 5.10 Å². The fourth-order valence-electron chi connectivity index (χ4n) is 1.79. The van der Waals surface area contributed by atoms with Crippen molar-refractivity contribution in [2.24, 2.45) is 0 Å². The minimum atomic E-state index is -3.58. The molecule has 0 aliphatic rings. The number of rotatable bonds is 6. The Morgan fingerprint density at radius 3 is 2.80 bits per heavy atom. The maximum Gasteiger partial charge on any atom is 0.248 e. The van der Waals surface area contributed by atoms with Crippen molar-refractivity contribution in [3.63, 3.8) is 0 Å². The van der Waals surface area contributed by atoms with Crippen LogP contribution in [0.4, 0.5) is 5.82 Å². The van der Waals surface area contributed by atoms with Crippen LogP contribution in [0.25, 0.3) is 0 Å². The minimum absolute atomic E-state index is 0.0508. The van der Waals surface area contributed by atoms with Gasteiger partial charge in [-0.3, -0.25) is 4.68 Å². The lowest BCUT2D eigenvalue weighted by molar-refractivity contribution is 0.473. The number of nitrogens with two attached hydrogens (primary N) is 1. The number of sulfonamides is 1. The van der Waals surface area contributed by atoms with Crippen molar-refractivity contribution in [1.29, 1.82) is 0 Å². The number of hydrogen-bond donors (Lipinski definition) is 1. The molecule has 0 atom stereocenters. The number of nitrogens with zero attached hydrogens (tertiary/aromatic N) is 3. The van der Waals surface area contributed by atoms with Crippen LogP contribution in [-0.2, 0) is 23.0 Å². The standard InChI is InChI=1S/C12H18N4O2S2/c1-3-16-9-11(12(13)14-16)20(17,18)15(2)7-6-10-5-4-8-19-10/h4-5,8-9H,3,6-7H2,1-2H3,(H2,13,14). The summed E-state index contributed by atoms with van der Waals surface area (Å²) >= 11 is 1.62. The molecule has 0 bridgehead atoms. The molecule has 8 heteroatoms. The number of nitrogen functional groups attached to an aromatic ring is 1. The maximum absolute atomic E-state index is 12.4. The number of likely N-dealkylation sites (N-methyl/N-ethyl adjacent to an activating group) is 1. The number of aryl methyl sites for hydroxylation is 1. The molecule has 0 amide bonds. The van der Waals surface area contributed by atoms with Gasteiger partial charge in [0.05, 0.1) is 0 Å². The van der Waals surface area contributed by atoms with Crippen molar-refractivity contribution in [3.8, 4) is 0 Å². The molecule has 6 nitrogen and oxygen atoms in total. The fourth-order valence-corrected chi connectivity index (χ4v) is 3.71. The Morgan fingerprint density at radius 2 is 2.25 bits per heavy atom. The minimum Gasteiger partial charge on any atom is -0.381 e. The molecule has 2 rings (SSSR count). The van der Waals surface area contributed by atoms with Crippen molar-refractivity contribution in [2.45, 2.75) is 24.8 Å². The smallest absolute Gasteiger partial charge is 0.248 e. The highest BCUT2D eigenvalue weighted by molar-refractivity contribution is 7.89. The Balaban J connectivity index is 2.14. The Bertz CT molecular complexity index is 662. The van der Waals surface area contributed by atoms with Gasteiger partial charge in [-0.05, 0) is 24.8 Å². The quantitative estimate of drug-likeness (QED) is 0.874. The molecule has 0 aliphatic carbocycles. The van der Waals surface area contributed by atoms with Crippen LogP contribution in [0.5, 0.6) is 0 Å². The molecule has 0 radical (unpaired) electrons. The predicted molar refractivity (Wildman–Crippen MR) is 80.2 cm³/mol. The van der Waals surface area contributed by atoms with Gasteiger partial charge in [-0.2, -0.15) is 5.10 Å². The molecule has 20 heavy (non-hydrogen) atoms. The van der Waals surface area contributed by atoms with Crippen molar-refractivity contribution >= 4 is 27.2 Å². The summed E-state index contributed by atoms with van der Waals surface area (Å²) in [5.74, 6) is 0.0508. The second kappa shape index (κ2) is 5.94. The monoisotopic (exact) mass is 314 g/mol. The van der Waals surface area contributed by atoms with Gasteiger partial charge in [0.25, 0.3) is 0 Å². The Kier molecular flexibility index (Phi) is 4.46. The van der Waals surface area contributed by atoms with E-state index >= 15 is 0 Å². The van der Waals surface area contributed by atoms with Gasteiger partial charge in [-0.25, -0.2) is 12.7 Å². The summed E-state index contributed by atoms with van der Waals surface area (Å²) < 4.78 is 27.7. The number of aromatic nitrogens is 2. The highest BCUT2D eigenvalue weighted by Gasteiger charge is 2.25. The third-order valence-electron chi connectivity index (χ3n) is 3.02. The maximum atomic E-state index is 12.4. The fraction of sp³-hybridized carbons (Fsp3) is 0.417. The van der Waals surface area contributed by atoms with Crippen LogP contribution in [0, 0.1) is 0 Å². The van der Waals surface area contributed by atoms with Crippen LogP contribution in [0.2, 0.25) is 0 Å². The first-order valence-corrected chi connectivity index (χ1v) is 8.58. The van der Waals surface area contributed by atoms with Crippen LogP contribution in [-0.4, -0.2) is 36.1 Å². The van der Waals surface area contributed by atoms with E-state index in [0.717, 1.165) is 4.88 Å². The molecule has 0 saturated carbocycles. The Morgan fingerprint density at radius 1 is 1.50 bits per heavy atom. The number of hydrogen-bond acceptors (Lipinski definition) is 5. The van der Waals surface area contributed by atoms with E-state index in [1.165, 1.54) is 15.2 Å². The number of anilines is 1. The zero-order valence-corrected chi connectivity index (χ0v) is 13.1. The Hall–Kier alpha value is -1.38. The zero-order chi connectivity index (χ0) is 14.8. The van der Waals surface area contributed by atoms with Gasteiger partial charge < -0.3 is 5.73 Å². The molecule has 0 aromatic carbocycles. The van der Waals surface area contributed by atoms with Gasteiger partial charge in [-0.15, -0.1) is 11.3 Å². The molecule has 110 valence electrons.